The predicted octanol–water partition coefficient (Wildman–Crippen LogP) is 5.02. The van der Waals surface area contributed by atoms with Gasteiger partial charge in [-0.1, -0.05) is 37.2 Å². The molecule has 0 atom stereocenters. The predicted molar refractivity (Wildman–Crippen MR) is 101 cm³/mol. The van der Waals surface area contributed by atoms with Crippen molar-refractivity contribution in [3.8, 4) is 9.88 Å². The van der Waals surface area contributed by atoms with Crippen LogP contribution in [0.25, 0.3) is 9.88 Å². The third-order valence-electron chi connectivity index (χ3n) is 3.42. The zero-order chi connectivity index (χ0) is 16.9. The molecule has 3 aromatic rings. The maximum absolute atomic E-state index is 12.5. The monoisotopic (exact) mass is 378 g/mol. The summed E-state index contributed by atoms with van der Waals surface area (Å²) >= 11 is 4.48. The molecular weight excluding hydrogens is 360 g/mol. The van der Waals surface area contributed by atoms with Gasteiger partial charge in [-0.15, -0.1) is 32.9 Å². The molecule has 0 unspecified atom stereocenters. The van der Waals surface area contributed by atoms with E-state index in [1.807, 2.05) is 24.4 Å². The van der Waals surface area contributed by atoms with Crippen LogP contribution < -0.4 is 5.32 Å². The smallest absolute Gasteiger partial charge is 0.269 e. The van der Waals surface area contributed by atoms with Gasteiger partial charge < -0.3 is 0 Å². The highest BCUT2D eigenvalue weighted by Gasteiger charge is 2.18. The summed E-state index contributed by atoms with van der Waals surface area (Å²) in [5.74, 6) is -0.163. The minimum atomic E-state index is -0.163. The Bertz CT molecular complexity index is 807. The fourth-order valence-electron chi connectivity index (χ4n) is 2.20. The van der Waals surface area contributed by atoms with Crippen LogP contribution in [0.4, 0.5) is 5.13 Å². The maximum atomic E-state index is 12.5. The third kappa shape index (κ3) is 4.06. The first-order chi connectivity index (χ1) is 11.7. The summed E-state index contributed by atoms with van der Waals surface area (Å²) in [5.41, 5.74) is 0.744. The summed E-state index contributed by atoms with van der Waals surface area (Å²) in [6, 6.07) is 4.00. The van der Waals surface area contributed by atoms with Gasteiger partial charge in [-0.05, 0) is 24.8 Å². The van der Waals surface area contributed by atoms with Gasteiger partial charge in [0.1, 0.15) is 14.9 Å². The number of thiophene rings is 1. The second-order valence-electron chi connectivity index (χ2n) is 5.32. The van der Waals surface area contributed by atoms with E-state index in [0.717, 1.165) is 33.4 Å². The van der Waals surface area contributed by atoms with Crippen LogP contribution in [-0.4, -0.2) is 21.1 Å². The number of rotatable bonds is 7. The minimum Gasteiger partial charge on any atom is -0.296 e. The number of unbranched alkanes of at least 4 members (excludes halogenated alkanes) is 2. The van der Waals surface area contributed by atoms with Gasteiger partial charge in [0.15, 0.2) is 0 Å². The second kappa shape index (κ2) is 7.96. The van der Waals surface area contributed by atoms with Gasteiger partial charge in [-0.3, -0.25) is 10.1 Å². The Labute approximate surface area is 152 Å². The van der Waals surface area contributed by atoms with Gasteiger partial charge in [0, 0.05) is 6.42 Å². The lowest BCUT2D eigenvalue weighted by molar-refractivity contribution is 0.102. The number of thiazole rings is 1. The van der Waals surface area contributed by atoms with Crippen LogP contribution in [-0.2, 0) is 6.42 Å². The Hall–Kier alpha value is -1.64. The highest BCUT2D eigenvalue weighted by atomic mass is 32.1. The molecule has 0 radical (unpaired) electrons. The van der Waals surface area contributed by atoms with Crippen molar-refractivity contribution in [3.63, 3.8) is 0 Å². The lowest BCUT2D eigenvalue weighted by Gasteiger charge is -1.98. The highest BCUT2D eigenvalue weighted by molar-refractivity contribution is 7.22. The number of hydrogen-bond acceptors (Lipinski definition) is 7. The minimum absolute atomic E-state index is 0.163. The number of hydrogen-bond donors (Lipinski definition) is 1. The van der Waals surface area contributed by atoms with Crippen LogP contribution in [0.2, 0.25) is 0 Å². The molecule has 0 aliphatic rings. The van der Waals surface area contributed by atoms with Crippen LogP contribution in [0.1, 0.15) is 46.6 Å². The molecule has 0 aliphatic carbocycles. The SMILES string of the molecule is CCCCCc1nnc(NC(=O)c2sc(-c3cccs3)nc2C)s1. The van der Waals surface area contributed by atoms with Gasteiger partial charge in [0.25, 0.3) is 5.91 Å². The van der Waals surface area contributed by atoms with Crippen molar-refractivity contribution in [2.75, 3.05) is 5.32 Å². The lowest BCUT2D eigenvalue weighted by atomic mass is 10.2. The highest BCUT2D eigenvalue weighted by Crippen LogP contribution is 2.31. The van der Waals surface area contributed by atoms with Crippen molar-refractivity contribution in [2.24, 2.45) is 0 Å². The molecule has 0 saturated heterocycles. The summed E-state index contributed by atoms with van der Waals surface area (Å²) in [6.45, 7) is 4.03. The van der Waals surface area contributed by atoms with Crippen molar-refractivity contribution in [3.05, 3.63) is 33.1 Å². The van der Waals surface area contributed by atoms with Crippen molar-refractivity contribution >= 4 is 45.0 Å². The van der Waals surface area contributed by atoms with Crippen molar-refractivity contribution in [1.82, 2.24) is 15.2 Å². The van der Waals surface area contributed by atoms with E-state index in [9.17, 15) is 4.79 Å². The number of aryl methyl sites for hydroxylation is 2. The first-order valence-electron chi connectivity index (χ1n) is 7.82. The first kappa shape index (κ1) is 17.2. The molecule has 3 rings (SSSR count). The molecule has 0 bridgehead atoms. The largest absolute Gasteiger partial charge is 0.296 e. The van der Waals surface area contributed by atoms with Gasteiger partial charge in [0.2, 0.25) is 5.13 Å². The van der Waals surface area contributed by atoms with Gasteiger partial charge in [0.05, 0.1) is 10.6 Å². The topological polar surface area (TPSA) is 67.8 Å². The summed E-state index contributed by atoms with van der Waals surface area (Å²) in [6.07, 6.45) is 4.40. The number of anilines is 1. The van der Waals surface area contributed by atoms with E-state index in [1.54, 1.807) is 11.3 Å². The molecule has 0 aliphatic heterocycles. The maximum Gasteiger partial charge on any atom is 0.269 e. The molecule has 3 aromatic heterocycles. The zero-order valence-corrected chi connectivity index (χ0v) is 16.0. The van der Waals surface area contributed by atoms with Crippen molar-refractivity contribution in [1.29, 1.82) is 0 Å². The third-order valence-corrected chi connectivity index (χ3v) is 6.51. The molecular formula is C16H18N4OS3. The fraction of sp³-hybridized carbons (Fsp3) is 0.375. The Morgan fingerprint density at radius 3 is 2.88 bits per heavy atom. The number of nitrogens with one attached hydrogen (secondary N) is 1. The Morgan fingerprint density at radius 2 is 2.12 bits per heavy atom. The second-order valence-corrected chi connectivity index (χ2v) is 8.33. The summed E-state index contributed by atoms with van der Waals surface area (Å²) < 4.78 is 0. The van der Waals surface area contributed by atoms with E-state index in [-0.39, 0.29) is 5.91 Å². The molecule has 1 N–H and O–H groups in total. The van der Waals surface area contributed by atoms with Crippen LogP contribution >= 0.6 is 34.0 Å². The van der Waals surface area contributed by atoms with Crippen LogP contribution in [0.5, 0.6) is 0 Å². The molecule has 24 heavy (non-hydrogen) atoms. The molecule has 1 amide bonds. The van der Waals surface area contributed by atoms with Gasteiger partial charge in [-0.25, -0.2) is 4.98 Å². The van der Waals surface area contributed by atoms with E-state index in [0.29, 0.717) is 10.0 Å². The molecule has 0 spiro atoms. The van der Waals surface area contributed by atoms with E-state index >= 15 is 0 Å². The zero-order valence-electron chi connectivity index (χ0n) is 13.5. The fourth-order valence-corrected chi connectivity index (χ4v) is 4.73. The van der Waals surface area contributed by atoms with E-state index in [4.69, 9.17) is 0 Å². The lowest BCUT2D eigenvalue weighted by Crippen LogP contribution is -2.11. The summed E-state index contributed by atoms with van der Waals surface area (Å²) in [7, 11) is 0. The molecule has 126 valence electrons. The van der Waals surface area contributed by atoms with Crippen LogP contribution in [0, 0.1) is 6.92 Å². The average Bonchev–Trinajstić information content (AvgIpc) is 3.28. The first-order valence-corrected chi connectivity index (χ1v) is 10.3. The van der Waals surface area contributed by atoms with Crippen LogP contribution in [0.15, 0.2) is 17.5 Å². The number of nitrogens with zero attached hydrogens (tertiary/aromatic N) is 3. The number of carbonyl (C=O) groups is 1. The summed E-state index contributed by atoms with van der Waals surface area (Å²) in [4.78, 5) is 18.7. The molecule has 0 fully saturated rings. The molecule has 8 heteroatoms. The Balaban J connectivity index is 1.67. The number of carbonyl (C=O) groups excluding carboxylic acids is 1. The van der Waals surface area contributed by atoms with Crippen molar-refractivity contribution in [2.45, 2.75) is 39.5 Å². The molecule has 3 heterocycles. The normalized spacial score (nSPS) is 10.9. The average molecular weight is 379 g/mol. The quantitative estimate of drug-likeness (QED) is 0.586. The van der Waals surface area contributed by atoms with E-state index in [2.05, 4.69) is 27.4 Å². The Kier molecular flexibility index (Phi) is 5.70. The number of aromatic nitrogens is 3. The molecule has 0 aromatic carbocycles. The standard InChI is InChI=1S/C16H18N4OS3/c1-3-4-5-8-12-19-20-16(23-12)18-14(21)13-10(2)17-15(24-13)11-7-6-9-22-11/h6-7,9H,3-5,8H2,1-2H3,(H,18,20,21). The molecule has 5 nitrogen and oxygen atoms in total. The van der Waals surface area contributed by atoms with Crippen molar-refractivity contribution < 1.29 is 4.79 Å². The van der Waals surface area contributed by atoms with E-state index < -0.39 is 0 Å². The van der Waals surface area contributed by atoms with Crippen LogP contribution in [0.3, 0.4) is 0 Å². The van der Waals surface area contributed by atoms with E-state index in [1.165, 1.54) is 35.5 Å². The summed E-state index contributed by atoms with van der Waals surface area (Å²) in [5, 5.41) is 15.5. The Morgan fingerprint density at radius 1 is 1.25 bits per heavy atom. The van der Waals surface area contributed by atoms with Gasteiger partial charge >= 0.3 is 0 Å². The number of amides is 1. The van der Waals surface area contributed by atoms with Gasteiger partial charge in [-0.2, -0.15) is 0 Å². The molecule has 0 saturated carbocycles.